The third kappa shape index (κ3) is 3.10. The van der Waals surface area contributed by atoms with Gasteiger partial charge in [0.2, 0.25) is 5.91 Å². The molecule has 16 heavy (non-hydrogen) atoms. The summed E-state index contributed by atoms with van der Waals surface area (Å²) in [7, 11) is 0. The molecule has 1 fully saturated rings. The van der Waals surface area contributed by atoms with Crippen LogP contribution >= 0.6 is 0 Å². The van der Waals surface area contributed by atoms with Gasteiger partial charge >= 0.3 is 6.03 Å². The first-order chi connectivity index (χ1) is 7.56. The Hall–Kier alpha value is -1.30. The van der Waals surface area contributed by atoms with Crippen molar-refractivity contribution in [1.29, 1.82) is 0 Å². The van der Waals surface area contributed by atoms with Crippen LogP contribution in [0.5, 0.6) is 0 Å². The van der Waals surface area contributed by atoms with E-state index in [1.165, 1.54) is 0 Å². The normalized spacial score (nSPS) is 18.2. The second-order valence-electron chi connectivity index (χ2n) is 3.94. The second-order valence-corrected chi connectivity index (χ2v) is 3.94. The predicted molar refractivity (Wildman–Crippen MR) is 60.9 cm³/mol. The highest BCUT2D eigenvalue weighted by molar-refractivity contribution is 5.81. The number of piperazine rings is 1. The van der Waals surface area contributed by atoms with Crippen LogP contribution in [0, 0.1) is 0 Å². The molecule has 3 N–H and O–H groups in total. The van der Waals surface area contributed by atoms with Gasteiger partial charge in [0.25, 0.3) is 0 Å². The van der Waals surface area contributed by atoms with Crippen molar-refractivity contribution in [3.05, 3.63) is 0 Å². The third-order valence-corrected chi connectivity index (χ3v) is 2.60. The van der Waals surface area contributed by atoms with E-state index < -0.39 is 6.04 Å². The molecule has 1 heterocycles. The Morgan fingerprint density at radius 3 is 2.19 bits per heavy atom. The van der Waals surface area contributed by atoms with Crippen LogP contribution < -0.4 is 11.1 Å². The largest absolute Gasteiger partial charge is 0.338 e. The number of nitrogens with zero attached hydrogens (tertiary/aromatic N) is 2. The van der Waals surface area contributed by atoms with E-state index >= 15 is 0 Å². The highest BCUT2D eigenvalue weighted by atomic mass is 16.2. The molecular formula is C10H20N4O2. The van der Waals surface area contributed by atoms with Crippen LogP contribution in [0.3, 0.4) is 0 Å². The van der Waals surface area contributed by atoms with Crippen LogP contribution in [0.25, 0.3) is 0 Å². The number of hydrogen-bond acceptors (Lipinski definition) is 3. The lowest BCUT2D eigenvalue weighted by Crippen LogP contribution is -2.55. The Morgan fingerprint density at radius 1 is 1.25 bits per heavy atom. The molecule has 0 spiro atoms. The summed E-state index contributed by atoms with van der Waals surface area (Å²) in [5.74, 6) is -0.0458. The zero-order chi connectivity index (χ0) is 12.1. The monoisotopic (exact) mass is 228 g/mol. The molecular weight excluding hydrogens is 208 g/mol. The van der Waals surface area contributed by atoms with Crippen LogP contribution in [0.15, 0.2) is 0 Å². The molecule has 0 radical (unpaired) electrons. The van der Waals surface area contributed by atoms with Gasteiger partial charge < -0.3 is 20.9 Å². The lowest BCUT2D eigenvalue weighted by Gasteiger charge is -2.35. The summed E-state index contributed by atoms with van der Waals surface area (Å²) in [6.07, 6.45) is 0. The van der Waals surface area contributed by atoms with E-state index in [2.05, 4.69) is 5.32 Å². The molecule has 1 rings (SSSR count). The van der Waals surface area contributed by atoms with Gasteiger partial charge in [0.15, 0.2) is 0 Å². The summed E-state index contributed by atoms with van der Waals surface area (Å²) >= 11 is 0. The lowest BCUT2D eigenvalue weighted by molar-refractivity contribution is -0.133. The molecule has 3 amide bonds. The summed E-state index contributed by atoms with van der Waals surface area (Å²) < 4.78 is 0. The van der Waals surface area contributed by atoms with Crippen LogP contribution in [0.1, 0.15) is 13.8 Å². The minimum absolute atomic E-state index is 0.0458. The topological polar surface area (TPSA) is 78.7 Å². The molecule has 0 aromatic heterocycles. The van der Waals surface area contributed by atoms with Crippen molar-refractivity contribution in [3.8, 4) is 0 Å². The van der Waals surface area contributed by atoms with Crippen LogP contribution in [0.2, 0.25) is 0 Å². The Balaban J connectivity index is 2.39. The molecule has 0 aromatic carbocycles. The summed E-state index contributed by atoms with van der Waals surface area (Å²) in [6, 6.07) is -0.522. The fourth-order valence-corrected chi connectivity index (χ4v) is 1.68. The third-order valence-electron chi connectivity index (χ3n) is 2.60. The van der Waals surface area contributed by atoms with Gasteiger partial charge in [0.05, 0.1) is 6.04 Å². The number of rotatable bonds is 2. The van der Waals surface area contributed by atoms with E-state index in [1.807, 2.05) is 6.92 Å². The maximum absolute atomic E-state index is 11.6. The minimum Gasteiger partial charge on any atom is -0.338 e. The van der Waals surface area contributed by atoms with E-state index in [4.69, 9.17) is 5.73 Å². The Morgan fingerprint density at radius 2 is 1.75 bits per heavy atom. The quantitative estimate of drug-likeness (QED) is 0.650. The molecule has 1 saturated heterocycles. The first-order valence-corrected chi connectivity index (χ1v) is 5.63. The van der Waals surface area contributed by atoms with Gasteiger partial charge in [-0.1, -0.05) is 0 Å². The van der Waals surface area contributed by atoms with Crippen molar-refractivity contribution in [1.82, 2.24) is 15.1 Å². The van der Waals surface area contributed by atoms with Crippen LogP contribution in [0.4, 0.5) is 4.79 Å². The van der Waals surface area contributed by atoms with Gasteiger partial charge in [-0.2, -0.15) is 0 Å². The SMILES string of the molecule is CCNC(=O)N1CCN(C(=O)[C@H](C)N)CC1. The molecule has 1 aliphatic heterocycles. The van der Waals surface area contributed by atoms with E-state index in [0.717, 1.165) is 0 Å². The average Bonchev–Trinajstić information content (AvgIpc) is 2.28. The Bertz CT molecular complexity index is 260. The van der Waals surface area contributed by atoms with Crippen molar-refractivity contribution in [3.63, 3.8) is 0 Å². The molecule has 0 bridgehead atoms. The molecule has 1 aliphatic rings. The molecule has 6 nitrogen and oxygen atoms in total. The number of carbonyl (C=O) groups is 2. The molecule has 0 saturated carbocycles. The van der Waals surface area contributed by atoms with E-state index in [1.54, 1.807) is 16.7 Å². The predicted octanol–water partition coefficient (Wildman–Crippen LogP) is -0.793. The summed E-state index contributed by atoms with van der Waals surface area (Å²) in [4.78, 5) is 26.5. The zero-order valence-corrected chi connectivity index (χ0v) is 9.90. The van der Waals surface area contributed by atoms with Crippen molar-refractivity contribution >= 4 is 11.9 Å². The van der Waals surface area contributed by atoms with Gasteiger partial charge in [0.1, 0.15) is 0 Å². The van der Waals surface area contributed by atoms with Crippen molar-refractivity contribution in [2.45, 2.75) is 19.9 Å². The van der Waals surface area contributed by atoms with E-state index in [-0.39, 0.29) is 11.9 Å². The van der Waals surface area contributed by atoms with E-state index in [0.29, 0.717) is 32.7 Å². The van der Waals surface area contributed by atoms with Crippen molar-refractivity contribution in [2.24, 2.45) is 5.73 Å². The van der Waals surface area contributed by atoms with Gasteiger partial charge in [-0.25, -0.2) is 4.79 Å². The van der Waals surface area contributed by atoms with Gasteiger partial charge in [-0.15, -0.1) is 0 Å². The Labute approximate surface area is 95.8 Å². The number of hydrogen-bond donors (Lipinski definition) is 2. The minimum atomic E-state index is -0.462. The highest BCUT2D eigenvalue weighted by Gasteiger charge is 2.24. The lowest BCUT2D eigenvalue weighted by atomic mass is 10.2. The number of nitrogens with one attached hydrogen (secondary N) is 1. The fraction of sp³-hybridized carbons (Fsp3) is 0.800. The van der Waals surface area contributed by atoms with E-state index in [9.17, 15) is 9.59 Å². The second kappa shape index (κ2) is 5.69. The zero-order valence-electron chi connectivity index (χ0n) is 9.90. The Kier molecular flexibility index (Phi) is 4.54. The average molecular weight is 228 g/mol. The highest BCUT2D eigenvalue weighted by Crippen LogP contribution is 2.03. The molecule has 6 heteroatoms. The first-order valence-electron chi connectivity index (χ1n) is 5.63. The molecule has 1 atom stereocenters. The van der Waals surface area contributed by atoms with Gasteiger partial charge in [-0.3, -0.25) is 4.79 Å². The van der Waals surface area contributed by atoms with Crippen molar-refractivity contribution < 1.29 is 9.59 Å². The molecule has 0 aromatic rings. The molecule has 92 valence electrons. The van der Waals surface area contributed by atoms with Gasteiger partial charge in [0, 0.05) is 32.7 Å². The number of nitrogens with two attached hydrogens (primary N) is 1. The summed E-state index contributed by atoms with van der Waals surface area (Å²) in [5, 5.41) is 2.74. The number of carbonyl (C=O) groups excluding carboxylic acids is 2. The number of amides is 3. The fourth-order valence-electron chi connectivity index (χ4n) is 1.68. The smallest absolute Gasteiger partial charge is 0.317 e. The van der Waals surface area contributed by atoms with Gasteiger partial charge in [-0.05, 0) is 13.8 Å². The standard InChI is InChI=1S/C10H20N4O2/c1-3-12-10(16)14-6-4-13(5-7-14)9(15)8(2)11/h8H,3-7,11H2,1-2H3,(H,12,16)/t8-/m0/s1. The van der Waals surface area contributed by atoms with Crippen LogP contribution in [-0.2, 0) is 4.79 Å². The summed E-state index contributed by atoms with van der Waals surface area (Å²) in [6.45, 7) is 6.47. The first kappa shape index (κ1) is 12.8. The maximum atomic E-state index is 11.6. The van der Waals surface area contributed by atoms with Crippen molar-refractivity contribution in [2.75, 3.05) is 32.7 Å². The molecule has 0 unspecified atom stereocenters. The number of urea groups is 1. The summed E-state index contributed by atoms with van der Waals surface area (Å²) in [5.41, 5.74) is 5.52. The van der Waals surface area contributed by atoms with Crippen LogP contribution in [-0.4, -0.2) is 60.5 Å². The maximum Gasteiger partial charge on any atom is 0.317 e. The molecule has 0 aliphatic carbocycles.